The lowest BCUT2D eigenvalue weighted by Gasteiger charge is -2.26. The number of benzene rings is 1. The summed E-state index contributed by atoms with van der Waals surface area (Å²) in [6, 6.07) is 7.00. The predicted molar refractivity (Wildman–Crippen MR) is 156 cm³/mol. The van der Waals surface area contributed by atoms with Gasteiger partial charge in [-0.2, -0.15) is 0 Å². The summed E-state index contributed by atoms with van der Waals surface area (Å²) >= 11 is 0. The molecule has 0 spiro atoms. The third-order valence-electron chi connectivity index (χ3n) is 6.38. The second-order valence-corrected chi connectivity index (χ2v) is 10.4. The van der Waals surface area contributed by atoms with Crippen molar-refractivity contribution in [3.63, 3.8) is 0 Å². The minimum atomic E-state index is -1.20. The van der Waals surface area contributed by atoms with E-state index >= 15 is 0 Å². The molecule has 0 radical (unpaired) electrons. The zero-order valence-electron chi connectivity index (χ0n) is 24.9. The molecule has 0 aromatic heterocycles. The van der Waals surface area contributed by atoms with Crippen LogP contribution in [0.15, 0.2) is 24.3 Å². The minimum Gasteiger partial charge on any atom is -0.480 e. The van der Waals surface area contributed by atoms with E-state index in [1.165, 1.54) is 9.80 Å². The quantitative estimate of drug-likeness (QED) is 0.0670. The van der Waals surface area contributed by atoms with E-state index in [1.54, 1.807) is 41.1 Å². The molecule has 16 heteroatoms. The first kappa shape index (κ1) is 38.1. The Morgan fingerprint density at radius 1 is 0.545 bits per heavy atom. The van der Waals surface area contributed by atoms with Gasteiger partial charge in [0.1, 0.15) is 5.78 Å². The van der Waals surface area contributed by atoms with Crippen LogP contribution in [0, 0.1) is 0 Å². The standard InChI is InChI=1S/C28H43N5O11/c1-29-8-2-3-23(34)15-32(18-26(39)40)11-9-30(16-24(35)36)13-21-4-6-22(7-5-21)14-31(17-25(37)38)10-12-33(19-27(41)42)20-28(43)44/h4-7,29H,2-3,8-20H2,1H3,(H,35,36)(H,37,38)(H,39,40)(H,41,42)(H,43,44). The Morgan fingerprint density at radius 3 is 1.20 bits per heavy atom. The van der Waals surface area contributed by atoms with Crippen molar-refractivity contribution < 1.29 is 54.3 Å². The highest BCUT2D eigenvalue weighted by atomic mass is 16.4. The number of rotatable bonds is 26. The topological polar surface area (TPSA) is 229 Å². The van der Waals surface area contributed by atoms with Gasteiger partial charge >= 0.3 is 29.8 Å². The van der Waals surface area contributed by atoms with Crippen LogP contribution < -0.4 is 5.32 Å². The number of Topliss-reactive ketones (excluding diaryl/α,β-unsaturated/α-hetero) is 1. The molecular weight excluding hydrogens is 582 g/mol. The lowest BCUT2D eigenvalue weighted by molar-refractivity contribution is -0.143. The van der Waals surface area contributed by atoms with Crippen molar-refractivity contribution in [3.8, 4) is 0 Å². The lowest BCUT2D eigenvalue weighted by atomic mass is 10.1. The lowest BCUT2D eigenvalue weighted by Crippen LogP contribution is -2.41. The van der Waals surface area contributed by atoms with Gasteiger partial charge in [0.05, 0.1) is 39.3 Å². The van der Waals surface area contributed by atoms with Crippen LogP contribution in [0.2, 0.25) is 0 Å². The minimum absolute atomic E-state index is 0.0224. The van der Waals surface area contributed by atoms with Crippen LogP contribution in [0.1, 0.15) is 24.0 Å². The highest BCUT2D eigenvalue weighted by molar-refractivity contribution is 5.81. The SMILES string of the molecule is CNCCCC(=O)CN(CCN(CC(=O)O)Cc1ccc(CN(CCN(CC(=O)O)CC(=O)O)CC(=O)O)cc1)CC(=O)O. The molecule has 1 aromatic rings. The number of nitrogens with one attached hydrogen (secondary N) is 1. The Balaban J connectivity index is 2.87. The molecule has 0 aliphatic rings. The first-order valence-corrected chi connectivity index (χ1v) is 14.0. The number of ketones is 1. The van der Waals surface area contributed by atoms with Crippen LogP contribution in [0.5, 0.6) is 0 Å². The van der Waals surface area contributed by atoms with E-state index in [9.17, 15) is 44.1 Å². The number of carbonyl (C=O) groups excluding carboxylic acids is 1. The summed E-state index contributed by atoms with van der Waals surface area (Å²) in [5.41, 5.74) is 1.48. The summed E-state index contributed by atoms with van der Waals surface area (Å²) in [7, 11) is 1.77. The molecule has 0 heterocycles. The summed E-state index contributed by atoms with van der Waals surface area (Å²) in [6.45, 7) is -0.527. The van der Waals surface area contributed by atoms with Crippen LogP contribution in [0.4, 0.5) is 0 Å². The van der Waals surface area contributed by atoms with Gasteiger partial charge in [-0.3, -0.25) is 48.4 Å². The number of hydrogen-bond acceptors (Lipinski definition) is 11. The van der Waals surface area contributed by atoms with Crippen molar-refractivity contribution in [2.45, 2.75) is 25.9 Å². The first-order valence-electron chi connectivity index (χ1n) is 14.0. The van der Waals surface area contributed by atoms with E-state index in [2.05, 4.69) is 5.32 Å². The average molecular weight is 626 g/mol. The third kappa shape index (κ3) is 18.6. The molecule has 0 saturated carbocycles. The Bertz CT molecular complexity index is 1080. The van der Waals surface area contributed by atoms with E-state index in [0.29, 0.717) is 19.4 Å². The molecule has 16 nitrogen and oxygen atoms in total. The Labute approximate surface area is 255 Å². The second kappa shape index (κ2) is 20.9. The number of carbonyl (C=O) groups is 6. The van der Waals surface area contributed by atoms with Gasteiger partial charge in [-0.1, -0.05) is 24.3 Å². The molecular formula is C28H43N5O11. The molecule has 0 atom stereocenters. The maximum atomic E-state index is 12.3. The maximum Gasteiger partial charge on any atom is 0.317 e. The molecule has 0 unspecified atom stereocenters. The van der Waals surface area contributed by atoms with Crippen molar-refractivity contribution in [2.75, 3.05) is 79.0 Å². The first-order chi connectivity index (χ1) is 20.8. The van der Waals surface area contributed by atoms with Gasteiger partial charge in [-0.15, -0.1) is 0 Å². The normalized spacial score (nSPS) is 11.4. The molecule has 246 valence electrons. The molecule has 1 aromatic carbocycles. The zero-order chi connectivity index (χ0) is 33.1. The molecule has 1 rings (SSSR count). The van der Waals surface area contributed by atoms with Gasteiger partial charge in [0, 0.05) is 45.7 Å². The molecule has 0 aliphatic heterocycles. The number of hydrogen-bond donors (Lipinski definition) is 6. The molecule has 6 N–H and O–H groups in total. The number of carboxylic acid groups (broad SMARTS) is 5. The Hall–Kier alpha value is -3.96. The van der Waals surface area contributed by atoms with Crippen molar-refractivity contribution in [1.29, 1.82) is 0 Å². The fourth-order valence-corrected chi connectivity index (χ4v) is 4.44. The fraction of sp³-hybridized carbons (Fsp3) is 0.571. The van der Waals surface area contributed by atoms with Crippen LogP contribution >= 0.6 is 0 Å². The Kier molecular flexibility index (Phi) is 18.0. The summed E-state index contributed by atoms with van der Waals surface area (Å²) in [5.74, 6) is -5.78. The highest BCUT2D eigenvalue weighted by Gasteiger charge is 2.19. The maximum absolute atomic E-state index is 12.3. The van der Waals surface area contributed by atoms with E-state index in [0.717, 1.165) is 11.1 Å². The van der Waals surface area contributed by atoms with Crippen molar-refractivity contribution >= 4 is 35.6 Å². The van der Waals surface area contributed by atoms with Gasteiger partial charge in [0.25, 0.3) is 0 Å². The number of aliphatic carboxylic acids is 5. The van der Waals surface area contributed by atoms with Gasteiger partial charge in [-0.05, 0) is 31.1 Å². The van der Waals surface area contributed by atoms with Gasteiger partial charge in [0.15, 0.2) is 0 Å². The van der Waals surface area contributed by atoms with Gasteiger partial charge in [-0.25, -0.2) is 0 Å². The van der Waals surface area contributed by atoms with E-state index in [4.69, 9.17) is 10.2 Å². The summed E-state index contributed by atoms with van der Waals surface area (Å²) in [6.07, 6.45) is 0.925. The highest BCUT2D eigenvalue weighted by Crippen LogP contribution is 2.11. The van der Waals surface area contributed by atoms with E-state index in [-0.39, 0.29) is 71.2 Å². The van der Waals surface area contributed by atoms with Crippen LogP contribution in [-0.2, 0) is 41.9 Å². The molecule has 0 amide bonds. The third-order valence-corrected chi connectivity index (χ3v) is 6.38. The largest absolute Gasteiger partial charge is 0.480 e. The molecule has 0 saturated heterocycles. The zero-order valence-corrected chi connectivity index (χ0v) is 24.9. The van der Waals surface area contributed by atoms with Gasteiger partial charge < -0.3 is 30.8 Å². The van der Waals surface area contributed by atoms with Crippen LogP contribution in [-0.4, -0.2) is 160 Å². The van der Waals surface area contributed by atoms with Crippen LogP contribution in [0.25, 0.3) is 0 Å². The molecule has 44 heavy (non-hydrogen) atoms. The molecule has 0 fully saturated rings. The number of nitrogens with zero attached hydrogens (tertiary/aromatic N) is 4. The monoisotopic (exact) mass is 625 g/mol. The fourth-order valence-electron chi connectivity index (χ4n) is 4.44. The predicted octanol–water partition coefficient (Wildman–Crippen LogP) is -1.11. The van der Waals surface area contributed by atoms with E-state index < -0.39 is 42.9 Å². The second-order valence-electron chi connectivity index (χ2n) is 10.4. The van der Waals surface area contributed by atoms with Gasteiger partial charge in [0.2, 0.25) is 0 Å². The van der Waals surface area contributed by atoms with Crippen molar-refractivity contribution in [3.05, 3.63) is 35.4 Å². The molecule has 0 aliphatic carbocycles. The Morgan fingerprint density at radius 2 is 0.864 bits per heavy atom. The summed E-state index contributed by atoms with van der Waals surface area (Å²) in [5, 5.41) is 49.0. The molecule has 0 bridgehead atoms. The smallest absolute Gasteiger partial charge is 0.317 e. The van der Waals surface area contributed by atoms with Crippen LogP contribution in [0.3, 0.4) is 0 Å². The van der Waals surface area contributed by atoms with Crippen molar-refractivity contribution in [2.24, 2.45) is 0 Å². The summed E-state index contributed by atoms with van der Waals surface area (Å²) < 4.78 is 0. The number of carboxylic acids is 5. The summed E-state index contributed by atoms with van der Waals surface area (Å²) in [4.78, 5) is 74.5. The van der Waals surface area contributed by atoms with Crippen molar-refractivity contribution in [1.82, 2.24) is 24.9 Å². The average Bonchev–Trinajstić information content (AvgIpc) is 2.89. The van der Waals surface area contributed by atoms with E-state index in [1.807, 2.05) is 0 Å².